The van der Waals surface area contributed by atoms with Crippen molar-refractivity contribution >= 4 is 39.8 Å². The molecular formula is C18H12ClFN2O2S. The van der Waals surface area contributed by atoms with Gasteiger partial charge in [-0.05, 0) is 12.1 Å². The van der Waals surface area contributed by atoms with Crippen molar-refractivity contribution in [3.8, 4) is 11.3 Å². The highest BCUT2D eigenvalue weighted by atomic mass is 35.5. The number of carbonyl (C=O) groups is 2. The van der Waals surface area contributed by atoms with E-state index < -0.39 is 11.7 Å². The number of aromatic nitrogens is 1. The number of rotatable bonds is 4. The Morgan fingerprint density at radius 2 is 1.84 bits per heavy atom. The van der Waals surface area contributed by atoms with Crippen molar-refractivity contribution in [1.29, 1.82) is 0 Å². The number of benzene rings is 2. The third-order valence-corrected chi connectivity index (χ3v) is 4.79. The summed E-state index contributed by atoms with van der Waals surface area (Å²) in [6.45, 7) is 1.43. The number of hydrogen-bond donors (Lipinski definition) is 1. The maximum atomic E-state index is 13.9. The zero-order valence-electron chi connectivity index (χ0n) is 13.0. The number of ketones is 1. The molecule has 3 rings (SSSR count). The molecule has 7 heteroatoms. The molecule has 0 bridgehead atoms. The van der Waals surface area contributed by atoms with Crippen LogP contribution in [-0.4, -0.2) is 16.7 Å². The van der Waals surface area contributed by atoms with Gasteiger partial charge in [0.25, 0.3) is 5.91 Å². The van der Waals surface area contributed by atoms with Crippen LogP contribution in [0.4, 0.5) is 9.52 Å². The van der Waals surface area contributed by atoms with Crippen molar-refractivity contribution in [1.82, 2.24) is 4.98 Å². The number of nitrogens with one attached hydrogen (secondary N) is 1. The minimum atomic E-state index is -0.725. The lowest BCUT2D eigenvalue weighted by Crippen LogP contribution is -2.14. The molecular weight excluding hydrogens is 363 g/mol. The second kappa shape index (κ2) is 7.13. The van der Waals surface area contributed by atoms with Gasteiger partial charge in [-0.25, -0.2) is 9.37 Å². The molecule has 0 spiro atoms. The first kappa shape index (κ1) is 17.3. The van der Waals surface area contributed by atoms with Crippen LogP contribution in [0.3, 0.4) is 0 Å². The van der Waals surface area contributed by atoms with Crippen LogP contribution in [0.15, 0.2) is 48.5 Å². The Morgan fingerprint density at radius 1 is 1.12 bits per heavy atom. The Labute approximate surface area is 152 Å². The number of thiazole rings is 1. The summed E-state index contributed by atoms with van der Waals surface area (Å²) < 4.78 is 13.9. The van der Waals surface area contributed by atoms with E-state index >= 15 is 0 Å². The van der Waals surface area contributed by atoms with Gasteiger partial charge in [-0.1, -0.05) is 59.3 Å². The zero-order valence-corrected chi connectivity index (χ0v) is 14.6. The van der Waals surface area contributed by atoms with Gasteiger partial charge < -0.3 is 0 Å². The van der Waals surface area contributed by atoms with Gasteiger partial charge in [0.2, 0.25) is 0 Å². The molecule has 2 aromatic carbocycles. The topological polar surface area (TPSA) is 59.1 Å². The summed E-state index contributed by atoms with van der Waals surface area (Å²) in [6.07, 6.45) is 0. The van der Waals surface area contributed by atoms with E-state index in [1.165, 1.54) is 19.1 Å². The van der Waals surface area contributed by atoms with Crippen LogP contribution < -0.4 is 5.32 Å². The van der Waals surface area contributed by atoms with Gasteiger partial charge >= 0.3 is 0 Å². The van der Waals surface area contributed by atoms with Crippen LogP contribution in [0, 0.1) is 5.82 Å². The lowest BCUT2D eigenvalue weighted by molar-refractivity contribution is 0.101. The second-order valence-corrected chi connectivity index (χ2v) is 6.58. The highest BCUT2D eigenvalue weighted by Crippen LogP contribution is 2.32. The van der Waals surface area contributed by atoms with Crippen molar-refractivity contribution in [2.45, 2.75) is 6.92 Å². The summed E-state index contributed by atoms with van der Waals surface area (Å²) >= 11 is 6.94. The Balaban J connectivity index is 1.96. The first-order valence-electron chi connectivity index (χ1n) is 7.30. The molecule has 126 valence electrons. The molecule has 0 saturated heterocycles. The predicted molar refractivity (Wildman–Crippen MR) is 96.9 cm³/mol. The smallest absolute Gasteiger partial charge is 0.261 e. The Morgan fingerprint density at radius 3 is 2.48 bits per heavy atom. The van der Waals surface area contributed by atoms with Crippen molar-refractivity contribution in [2.24, 2.45) is 0 Å². The number of nitrogens with zero attached hydrogens (tertiary/aromatic N) is 1. The van der Waals surface area contributed by atoms with Crippen LogP contribution >= 0.6 is 22.9 Å². The number of anilines is 1. The van der Waals surface area contributed by atoms with E-state index in [1.807, 2.05) is 30.3 Å². The Bertz CT molecular complexity index is 937. The summed E-state index contributed by atoms with van der Waals surface area (Å²) in [7, 11) is 0. The van der Waals surface area contributed by atoms with Crippen molar-refractivity contribution in [3.05, 3.63) is 69.8 Å². The van der Waals surface area contributed by atoms with Gasteiger partial charge in [0.15, 0.2) is 10.9 Å². The van der Waals surface area contributed by atoms with Crippen LogP contribution in [0.1, 0.15) is 27.0 Å². The standard InChI is InChI=1S/C18H12ClFN2O2S/c1-10(23)16-15(11-6-3-2-4-7-11)21-18(25-16)22-17(24)14-12(19)8-5-9-13(14)20/h2-9H,1H3,(H,21,22,24). The van der Waals surface area contributed by atoms with E-state index in [0.29, 0.717) is 10.6 Å². The molecule has 1 aromatic heterocycles. The van der Waals surface area contributed by atoms with E-state index in [-0.39, 0.29) is 21.5 Å². The van der Waals surface area contributed by atoms with E-state index in [9.17, 15) is 14.0 Å². The molecule has 4 nitrogen and oxygen atoms in total. The molecule has 0 aliphatic heterocycles. The summed E-state index contributed by atoms with van der Waals surface area (Å²) in [6, 6.07) is 13.1. The summed E-state index contributed by atoms with van der Waals surface area (Å²) in [4.78, 5) is 29.0. The molecule has 1 heterocycles. The third kappa shape index (κ3) is 3.60. The fraction of sp³-hybridized carbons (Fsp3) is 0.0556. The molecule has 25 heavy (non-hydrogen) atoms. The molecule has 1 N–H and O–H groups in total. The van der Waals surface area contributed by atoms with Gasteiger partial charge in [0, 0.05) is 12.5 Å². The minimum Gasteiger partial charge on any atom is -0.298 e. The van der Waals surface area contributed by atoms with Gasteiger partial charge in [0.05, 0.1) is 21.2 Å². The van der Waals surface area contributed by atoms with Gasteiger partial charge in [0.1, 0.15) is 5.82 Å². The number of amides is 1. The molecule has 3 aromatic rings. The van der Waals surface area contributed by atoms with Crippen molar-refractivity contribution < 1.29 is 14.0 Å². The van der Waals surface area contributed by atoms with Gasteiger partial charge in [-0.2, -0.15) is 0 Å². The molecule has 0 atom stereocenters. The van der Waals surface area contributed by atoms with E-state index in [4.69, 9.17) is 11.6 Å². The normalized spacial score (nSPS) is 10.5. The van der Waals surface area contributed by atoms with E-state index in [1.54, 1.807) is 0 Å². The maximum Gasteiger partial charge on any atom is 0.261 e. The molecule has 0 aliphatic carbocycles. The second-order valence-electron chi connectivity index (χ2n) is 5.17. The molecule has 0 fully saturated rings. The maximum absolute atomic E-state index is 13.9. The first-order chi connectivity index (χ1) is 12.0. The van der Waals surface area contributed by atoms with E-state index in [2.05, 4.69) is 10.3 Å². The lowest BCUT2D eigenvalue weighted by Gasteiger charge is -2.05. The van der Waals surface area contributed by atoms with Gasteiger partial charge in [-0.3, -0.25) is 14.9 Å². The Kier molecular flexibility index (Phi) is 4.92. The fourth-order valence-electron chi connectivity index (χ4n) is 2.28. The monoisotopic (exact) mass is 374 g/mol. The quantitative estimate of drug-likeness (QED) is 0.649. The first-order valence-corrected chi connectivity index (χ1v) is 8.49. The SMILES string of the molecule is CC(=O)c1sc(NC(=O)c2c(F)cccc2Cl)nc1-c1ccccc1. The number of Topliss-reactive ketones (excluding diaryl/α,β-unsaturated/α-hetero) is 1. The largest absolute Gasteiger partial charge is 0.298 e. The molecule has 0 aliphatic rings. The minimum absolute atomic E-state index is 0.00382. The zero-order chi connectivity index (χ0) is 18.0. The highest BCUT2D eigenvalue weighted by molar-refractivity contribution is 7.18. The fourth-order valence-corrected chi connectivity index (χ4v) is 3.40. The summed E-state index contributed by atoms with van der Waals surface area (Å²) in [5.74, 6) is -1.61. The van der Waals surface area contributed by atoms with Crippen molar-refractivity contribution in [2.75, 3.05) is 5.32 Å². The molecule has 0 radical (unpaired) electrons. The lowest BCUT2D eigenvalue weighted by atomic mass is 10.1. The number of hydrogen-bond acceptors (Lipinski definition) is 4. The van der Waals surface area contributed by atoms with Crippen LogP contribution in [0.5, 0.6) is 0 Å². The van der Waals surface area contributed by atoms with Crippen LogP contribution in [0.25, 0.3) is 11.3 Å². The summed E-state index contributed by atoms with van der Waals surface area (Å²) in [5, 5.41) is 2.72. The number of carbonyl (C=O) groups excluding carboxylic acids is 2. The molecule has 0 saturated carbocycles. The molecule has 1 amide bonds. The average molecular weight is 375 g/mol. The highest BCUT2D eigenvalue weighted by Gasteiger charge is 2.21. The molecule has 0 unspecified atom stereocenters. The van der Waals surface area contributed by atoms with Crippen LogP contribution in [-0.2, 0) is 0 Å². The van der Waals surface area contributed by atoms with Crippen molar-refractivity contribution in [3.63, 3.8) is 0 Å². The summed E-state index contributed by atoms with van der Waals surface area (Å²) in [5.41, 5.74) is 0.978. The van der Waals surface area contributed by atoms with E-state index in [0.717, 1.165) is 23.0 Å². The average Bonchev–Trinajstić information content (AvgIpc) is 2.99. The van der Waals surface area contributed by atoms with Crippen LogP contribution in [0.2, 0.25) is 5.02 Å². The predicted octanol–water partition coefficient (Wildman–Crippen LogP) is 5.06. The number of halogens is 2. The van der Waals surface area contributed by atoms with Gasteiger partial charge in [-0.15, -0.1) is 0 Å². The Hall–Kier alpha value is -2.57. The third-order valence-electron chi connectivity index (χ3n) is 3.40.